The first kappa shape index (κ1) is 31.9. The van der Waals surface area contributed by atoms with Crippen LogP contribution in [0.3, 0.4) is 0 Å². The minimum atomic E-state index is -0.667. The van der Waals surface area contributed by atoms with E-state index >= 15 is 0 Å². The summed E-state index contributed by atoms with van der Waals surface area (Å²) in [5.41, 5.74) is 2.31. The Labute approximate surface area is 220 Å². The number of allylic oxidation sites excluding steroid dienone is 1. The molecule has 0 aromatic heterocycles. The molecule has 1 unspecified atom stereocenters. The summed E-state index contributed by atoms with van der Waals surface area (Å²) in [7, 11) is 0. The second kappa shape index (κ2) is 20.0. The number of benzene rings is 1. The van der Waals surface area contributed by atoms with Crippen LogP contribution in [0.15, 0.2) is 35.6 Å². The van der Waals surface area contributed by atoms with Gasteiger partial charge < -0.3 is 9.84 Å². The highest BCUT2D eigenvalue weighted by molar-refractivity contribution is 6.17. The van der Waals surface area contributed by atoms with Gasteiger partial charge in [0.1, 0.15) is 11.3 Å². The molecule has 0 saturated heterocycles. The fraction of sp³-hybridized carbons (Fsp3) is 0.688. The van der Waals surface area contributed by atoms with Crippen molar-refractivity contribution >= 4 is 11.8 Å². The van der Waals surface area contributed by atoms with Crippen LogP contribution in [0.25, 0.3) is 0 Å². The van der Waals surface area contributed by atoms with Crippen molar-refractivity contribution in [2.45, 2.75) is 130 Å². The molecule has 0 radical (unpaired) electrons. The number of ketones is 1. The number of rotatable bonds is 21. The quantitative estimate of drug-likeness (QED) is 0.0457. The Morgan fingerprint density at radius 1 is 0.806 bits per heavy atom. The first-order valence-corrected chi connectivity index (χ1v) is 14.5. The molecule has 36 heavy (non-hydrogen) atoms. The molecule has 204 valence electrons. The Balaban J connectivity index is 2.51. The first-order chi connectivity index (χ1) is 17.4. The molecule has 0 saturated carbocycles. The summed E-state index contributed by atoms with van der Waals surface area (Å²) in [6.07, 6.45) is 17.1. The minimum absolute atomic E-state index is 0.172. The van der Waals surface area contributed by atoms with Gasteiger partial charge >= 0.3 is 5.97 Å². The monoisotopic (exact) mass is 500 g/mol. The highest BCUT2D eigenvalue weighted by Crippen LogP contribution is 2.21. The van der Waals surface area contributed by atoms with Crippen LogP contribution in [0.5, 0.6) is 0 Å². The van der Waals surface area contributed by atoms with Crippen molar-refractivity contribution in [1.29, 1.82) is 0 Å². The first-order valence-electron chi connectivity index (χ1n) is 14.5. The number of esters is 1. The number of ether oxygens (including phenoxy) is 1. The number of aryl methyl sites for hydroxylation is 2. The molecule has 1 aromatic carbocycles. The Morgan fingerprint density at radius 2 is 1.36 bits per heavy atom. The third-order valence-electron chi connectivity index (χ3n) is 6.97. The zero-order valence-electron chi connectivity index (χ0n) is 23.6. The molecule has 0 aliphatic carbocycles. The average molecular weight is 501 g/mol. The normalized spacial score (nSPS) is 12.8. The van der Waals surface area contributed by atoms with Gasteiger partial charge in [0.05, 0.1) is 6.61 Å². The van der Waals surface area contributed by atoms with Crippen LogP contribution in [0.2, 0.25) is 0 Å². The van der Waals surface area contributed by atoms with Crippen LogP contribution >= 0.6 is 0 Å². The van der Waals surface area contributed by atoms with Gasteiger partial charge in [-0.3, -0.25) is 4.79 Å². The molecule has 0 fully saturated rings. The van der Waals surface area contributed by atoms with Gasteiger partial charge in [0, 0.05) is 6.42 Å². The topological polar surface area (TPSA) is 63.6 Å². The fourth-order valence-corrected chi connectivity index (χ4v) is 4.61. The van der Waals surface area contributed by atoms with Crippen molar-refractivity contribution in [2.24, 2.45) is 5.92 Å². The molecule has 0 aliphatic heterocycles. The van der Waals surface area contributed by atoms with Crippen molar-refractivity contribution in [3.05, 3.63) is 46.7 Å². The van der Waals surface area contributed by atoms with Crippen molar-refractivity contribution < 1.29 is 19.4 Å². The number of unbranched alkanes of at least 4 members (excludes halogenated alkanes) is 9. The standard InChI is InChI=1S/C32H52O4/c1-5-7-9-11-12-14-19-29(18-13-10-8-6-2)25-36-32(35)31(27(4)33)30(34)20-16-15-17-28-23-21-26(3)22-24-28/h21-24,29,33H,5-20,25H2,1-4H3/b31-27-. The average Bonchev–Trinajstić information content (AvgIpc) is 2.85. The maximum Gasteiger partial charge on any atom is 0.345 e. The van der Waals surface area contributed by atoms with E-state index in [1.807, 2.05) is 0 Å². The molecule has 1 rings (SSSR count). The van der Waals surface area contributed by atoms with Crippen LogP contribution < -0.4 is 0 Å². The van der Waals surface area contributed by atoms with Crippen molar-refractivity contribution in [1.82, 2.24) is 0 Å². The van der Waals surface area contributed by atoms with Gasteiger partial charge in [-0.1, -0.05) is 108 Å². The number of hydrogen-bond acceptors (Lipinski definition) is 4. The Bertz CT molecular complexity index is 759. The maximum atomic E-state index is 12.8. The summed E-state index contributed by atoms with van der Waals surface area (Å²) in [4.78, 5) is 25.5. The van der Waals surface area contributed by atoms with Crippen LogP contribution in [-0.2, 0) is 20.7 Å². The molecule has 1 aromatic rings. The van der Waals surface area contributed by atoms with E-state index in [1.54, 1.807) is 0 Å². The summed E-state index contributed by atoms with van der Waals surface area (Å²) >= 11 is 0. The summed E-state index contributed by atoms with van der Waals surface area (Å²) in [5, 5.41) is 10.1. The molecule has 0 aliphatic rings. The predicted molar refractivity (Wildman–Crippen MR) is 150 cm³/mol. The molecule has 4 heteroatoms. The third-order valence-corrected chi connectivity index (χ3v) is 6.97. The summed E-state index contributed by atoms with van der Waals surface area (Å²) in [6, 6.07) is 8.41. The van der Waals surface area contributed by atoms with E-state index in [-0.39, 0.29) is 23.5 Å². The fourth-order valence-electron chi connectivity index (χ4n) is 4.61. The molecular formula is C32H52O4. The van der Waals surface area contributed by atoms with Gasteiger partial charge in [0.25, 0.3) is 0 Å². The smallest absolute Gasteiger partial charge is 0.345 e. The number of hydrogen-bond donors (Lipinski definition) is 1. The summed E-state index contributed by atoms with van der Waals surface area (Å²) < 4.78 is 5.61. The molecule has 0 spiro atoms. The van der Waals surface area contributed by atoms with Crippen LogP contribution in [0.1, 0.15) is 128 Å². The predicted octanol–water partition coefficient (Wildman–Crippen LogP) is 8.99. The van der Waals surface area contributed by atoms with Gasteiger partial charge in [-0.05, 0) is 57.4 Å². The lowest BCUT2D eigenvalue weighted by Gasteiger charge is -2.18. The molecule has 0 heterocycles. The highest BCUT2D eigenvalue weighted by atomic mass is 16.5. The van der Waals surface area contributed by atoms with Gasteiger partial charge in [0.2, 0.25) is 0 Å². The Kier molecular flexibility index (Phi) is 17.8. The number of aliphatic hydroxyl groups is 1. The van der Waals surface area contributed by atoms with E-state index in [9.17, 15) is 14.7 Å². The Hall–Kier alpha value is -2.10. The highest BCUT2D eigenvalue weighted by Gasteiger charge is 2.24. The van der Waals surface area contributed by atoms with Crippen molar-refractivity contribution in [3.63, 3.8) is 0 Å². The van der Waals surface area contributed by atoms with Gasteiger partial charge in [0.15, 0.2) is 5.78 Å². The third kappa shape index (κ3) is 14.5. The number of aliphatic hydroxyl groups excluding tert-OH is 1. The van der Waals surface area contributed by atoms with Crippen LogP contribution in [-0.4, -0.2) is 23.5 Å². The Morgan fingerprint density at radius 3 is 1.94 bits per heavy atom. The van der Waals surface area contributed by atoms with Gasteiger partial charge in [-0.15, -0.1) is 0 Å². The number of Topliss-reactive ketones (excluding diaryl/α,β-unsaturated/α-hetero) is 1. The lowest BCUT2D eigenvalue weighted by atomic mass is 9.95. The zero-order chi connectivity index (χ0) is 26.6. The van der Waals surface area contributed by atoms with E-state index in [1.165, 1.54) is 69.4 Å². The number of carbonyl (C=O) groups is 2. The second-order valence-electron chi connectivity index (χ2n) is 10.4. The molecule has 4 nitrogen and oxygen atoms in total. The van der Waals surface area contributed by atoms with Crippen LogP contribution in [0, 0.1) is 12.8 Å². The maximum absolute atomic E-state index is 12.8. The molecule has 0 amide bonds. The van der Waals surface area contributed by atoms with Crippen LogP contribution in [0.4, 0.5) is 0 Å². The molecule has 0 bridgehead atoms. The molecule has 1 atom stereocenters. The van der Waals surface area contributed by atoms with Gasteiger partial charge in [-0.2, -0.15) is 0 Å². The lowest BCUT2D eigenvalue weighted by molar-refractivity contribution is -0.142. The summed E-state index contributed by atoms with van der Waals surface area (Å²) in [6.45, 7) is 8.24. The van der Waals surface area contributed by atoms with Crippen molar-refractivity contribution in [2.75, 3.05) is 6.61 Å². The molecule has 1 N–H and O–H groups in total. The van der Waals surface area contributed by atoms with E-state index in [0.29, 0.717) is 18.9 Å². The lowest BCUT2D eigenvalue weighted by Crippen LogP contribution is -2.21. The van der Waals surface area contributed by atoms with E-state index in [4.69, 9.17) is 4.74 Å². The SMILES string of the molecule is CCCCCCCCC(CCCCCC)COC(=O)/C(C(=O)CCCCc1ccc(C)cc1)=C(/C)O. The molecular weight excluding hydrogens is 448 g/mol. The minimum Gasteiger partial charge on any atom is -0.512 e. The van der Waals surface area contributed by atoms with E-state index in [2.05, 4.69) is 45.0 Å². The van der Waals surface area contributed by atoms with E-state index < -0.39 is 5.97 Å². The van der Waals surface area contributed by atoms with Crippen molar-refractivity contribution in [3.8, 4) is 0 Å². The van der Waals surface area contributed by atoms with Gasteiger partial charge in [-0.25, -0.2) is 4.79 Å². The largest absolute Gasteiger partial charge is 0.512 e. The number of carbonyl (C=O) groups excluding carboxylic acids is 2. The van der Waals surface area contributed by atoms with E-state index in [0.717, 1.165) is 38.5 Å². The second-order valence-corrected chi connectivity index (χ2v) is 10.4. The summed E-state index contributed by atoms with van der Waals surface area (Å²) in [5.74, 6) is -0.903. The zero-order valence-corrected chi connectivity index (χ0v) is 23.6.